The van der Waals surface area contributed by atoms with E-state index in [1.807, 2.05) is 65.6 Å². The second-order valence-corrected chi connectivity index (χ2v) is 18.6. The Bertz CT molecular complexity index is 2210. The van der Waals surface area contributed by atoms with Crippen LogP contribution < -0.4 is 19.5 Å². The minimum Gasteiger partial charge on any atom is -0.497 e. The lowest BCUT2D eigenvalue weighted by molar-refractivity contribution is -0.145. The number of rotatable bonds is 19. The Balaban J connectivity index is 1.20. The quantitative estimate of drug-likeness (QED) is 0.108. The zero-order chi connectivity index (χ0) is 42.4. The fourth-order valence-electron chi connectivity index (χ4n) is 8.62. The first-order valence-corrected chi connectivity index (χ1v) is 22.9. The molecule has 320 valence electrons. The summed E-state index contributed by atoms with van der Waals surface area (Å²) in [7, 11) is -2.32. The first-order valence-electron chi connectivity index (χ1n) is 21.4. The third kappa shape index (κ3) is 9.69. The molecule has 13 nitrogen and oxygen atoms in total. The van der Waals surface area contributed by atoms with Crippen LogP contribution >= 0.6 is 0 Å². The number of hydrogen-bond donors (Lipinski definition) is 2. The van der Waals surface area contributed by atoms with E-state index in [1.54, 1.807) is 7.11 Å². The van der Waals surface area contributed by atoms with Crippen molar-refractivity contribution in [2.75, 3.05) is 26.7 Å². The van der Waals surface area contributed by atoms with Crippen molar-refractivity contribution in [1.82, 2.24) is 24.8 Å². The standard InChI is InChI=1S/C46H57N5O8S/c1-4-6-7-8-11-18-32(25-42(52)50-23-14-10-15-24-50)44(54)51-30-35(27-40(51)43(53)48-46(29-33(46)5-2)45(55)49-60(56,57)36-20-21-36)59-41-28-38(31-16-12-9-13-17-31)47-39-26-34(58-3)19-22-37(39)41/h4-5,9,12-13,16-17,19,22,26,28,32-33,35-36,40H,1-2,6-8,10-11,14-15,18,20-21,23-25,27,29-30H2,3H3,(H,48,53)(H,49,55)/t32-,33?,35-,40+,46?/m1/s1. The van der Waals surface area contributed by atoms with Crippen molar-refractivity contribution in [2.24, 2.45) is 11.8 Å². The maximum atomic E-state index is 14.9. The summed E-state index contributed by atoms with van der Waals surface area (Å²) in [6, 6.07) is 16.0. The molecule has 4 fully saturated rings. The van der Waals surface area contributed by atoms with E-state index in [0.717, 1.165) is 50.5 Å². The molecule has 3 heterocycles. The second-order valence-electron chi connectivity index (χ2n) is 16.7. The summed E-state index contributed by atoms with van der Waals surface area (Å²) < 4.78 is 40.2. The van der Waals surface area contributed by atoms with Crippen LogP contribution in [0.25, 0.3) is 22.2 Å². The number of unbranched alkanes of at least 4 members (excludes halogenated alkanes) is 3. The van der Waals surface area contributed by atoms with Crippen LogP contribution in [0.1, 0.15) is 83.5 Å². The molecule has 0 radical (unpaired) electrons. The van der Waals surface area contributed by atoms with Crippen molar-refractivity contribution < 1.29 is 37.1 Å². The van der Waals surface area contributed by atoms with Crippen LogP contribution in [0.5, 0.6) is 11.5 Å². The van der Waals surface area contributed by atoms with Gasteiger partial charge in [-0.15, -0.1) is 13.2 Å². The number of nitrogens with zero attached hydrogens (tertiary/aromatic N) is 3. The molecule has 2 aliphatic heterocycles. The first kappa shape index (κ1) is 42.9. The highest BCUT2D eigenvalue weighted by atomic mass is 32.2. The van der Waals surface area contributed by atoms with Gasteiger partial charge in [0.15, 0.2) is 0 Å². The second kappa shape index (κ2) is 18.6. The molecule has 4 aliphatic rings. The maximum absolute atomic E-state index is 14.9. The van der Waals surface area contributed by atoms with Crippen LogP contribution in [-0.2, 0) is 29.2 Å². The Morgan fingerprint density at radius 3 is 2.45 bits per heavy atom. The Morgan fingerprint density at radius 2 is 1.77 bits per heavy atom. The van der Waals surface area contributed by atoms with Crippen LogP contribution in [0.15, 0.2) is 79.9 Å². The number of sulfonamides is 1. The molecule has 2 aromatic carbocycles. The number of allylic oxidation sites excluding steroid dienone is 1. The molecular formula is C46H57N5O8S. The summed E-state index contributed by atoms with van der Waals surface area (Å²) in [5.74, 6) is -1.86. The van der Waals surface area contributed by atoms with Gasteiger partial charge in [0.25, 0.3) is 5.91 Å². The van der Waals surface area contributed by atoms with Gasteiger partial charge in [0.2, 0.25) is 27.7 Å². The molecule has 2 aliphatic carbocycles. The zero-order valence-corrected chi connectivity index (χ0v) is 35.3. The Hall–Kier alpha value is -5.24. The average molecular weight is 840 g/mol. The van der Waals surface area contributed by atoms with Crippen molar-refractivity contribution in [3.63, 3.8) is 0 Å². The van der Waals surface area contributed by atoms with E-state index in [9.17, 15) is 27.6 Å². The van der Waals surface area contributed by atoms with Gasteiger partial charge in [-0.25, -0.2) is 13.4 Å². The van der Waals surface area contributed by atoms with Gasteiger partial charge in [0.05, 0.1) is 30.1 Å². The Kier molecular flexibility index (Phi) is 13.3. The van der Waals surface area contributed by atoms with E-state index >= 15 is 0 Å². The molecule has 2 saturated carbocycles. The summed E-state index contributed by atoms with van der Waals surface area (Å²) in [5.41, 5.74) is 0.638. The van der Waals surface area contributed by atoms with E-state index in [4.69, 9.17) is 14.5 Å². The molecule has 4 amide bonds. The molecule has 0 bridgehead atoms. The van der Waals surface area contributed by atoms with Crippen LogP contribution in [-0.4, -0.2) is 96.5 Å². The molecule has 60 heavy (non-hydrogen) atoms. The van der Waals surface area contributed by atoms with Crippen LogP contribution in [0.3, 0.4) is 0 Å². The average Bonchev–Trinajstić information content (AvgIpc) is 4.20. The molecular weight excluding hydrogens is 783 g/mol. The van der Waals surface area contributed by atoms with Crippen molar-refractivity contribution >= 4 is 44.6 Å². The number of piperidine rings is 1. The molecule has 5 atom stereocenters. The summed E-state index contributed by atoms with van der Waals surface area (Å²) in [5, 5.41) is 2.97. The highest BCUT2D eigenvalue weighted by Gasteiger charge is 2.62. The van der Waals surface area contributed by atoms with Crippen molar-refractivity contribution in [3.05, 3.63) is 79.9 Å². The molecule has 2 saturated heterocycles. The summed E-state index contributed by atoms with van der Waals surface area (Å²) in [6.45, 7) is 9.01. The molecule has 2 N–H and O–H groups in total. The smallest absolute Gasteiger partial charge is 0.259 e. The van der Waals surface area contributed by atoms with Crippen molar-refractivity contribution in [3.8, 4) is 22.8 Å². The number of benzene rings is 2. The lowest BCUT2D eigenvalue weighted by Gasteiger charge is -2.31. The third-order valence-electron chi connectivity index (χ3n) is 12.4. The van der Waals surface area contributed by atoms with Crippen molar-refractivity contribution in [2.45, 2.75) is 106 Å². The van der Waals surface area contributed by atoms with Crippen LogP contribution in [0.2, 0.25) is 0 Å². The molecule has 2 unspecified atom stereocenters. The van der Waals surface area contributed by atoms with Gasteiger partial charge in [0.1, 0.15) is 29.2 Å². The third-order valence-corrected chi connectivity index (χ3v) is 14.2. The predicted octanol–water partition coefficient (Wildman–Crippen LogP) is 6.08. The van der Waals surface area contributed by atoms with Gasteiger partial charge >= 0.3 is 0 Å². The highest BCUT2D eigenvalue weighted by molar-refractivity contribution is 7.91. The minimum absolute atomic E-state index is 0.0256. The van der Waals surface area contributed by atoms with Gasteiger partial charge in [-0.1, -0.05) is 55.3 Å². The van der Waals surface area contributed by atoms with E-state index in [-0.39, 0.29) is 37.6 Å². The number of likely N-dealkylation sites (tertiary alicyclic amines) is 2. The number of aromatic nitrogens is 1. The van der Waals surface area contributed by atoms with Gasteiger partial charge in [0, 0.05) is 60.8 Å². The first-order chi connectivity index (χ1) is 29.0. The van der Waals surface area contributed by atoms with E-state index < -0.39 is 56.6 Å². The fourth-order valence-corrected chi connectivity index (χ4v) is 9.98. The molecule has 14 heteroatoms. The molecule has 0 spiro atoms. The van der Waals surface area contributed by atoms with Gasteiger partial charge in [-0.05, 0) is 69.9 Å². The molecule has 7 rings (SSSR count). The molecule has 3 aromatic rings. The normalized spacial score (nSPS) is 23.1. The largest absolute Gasteiger partial charge is 0.497 e. The number of carbonyl (C=O) groups excluding carboxylic acids is 4. The van der Waals surface area contributed by atoms with Gasteiger partial charge in [-0.2, -0.15) is 0 Å². The SMILES string of the molecule is C=CCCCCC[C@H](CC(=O)N1CCCCC1)C(=O)N1C[C@H](Oc2cc(-c3ccccc3)nc3cc(OC)ccc23)C[C@H]1C(=O)NC1(C(=O)NS(=O)(=O)C2CC2)CC1C=C. The van der Waals surface area contributed by atoms with Gasteiger partial charge in [-0.3, -0.25) is 23.9 Å². The Labute approximate surface area is 353 Å². The van der Waals surface area contributed by atoms with E-state index in [2.05, 4.69) is 23.2 Å². The number of pyridine rings is 1. The maximum Gasteiger partial charge on any atom is 0.259 e. The van der Waals surface area contributed by atoms with Crippen molar-refractivity contribution in [1.29, 1.82) is 0 Å². The summed E-state index contributed by atoms with van der Waals surface area (Å²) in [4.78, 5) is 65.2. The number of nitrogens with one attached hydrogen (secondary N) is 2. The van der Waals surface area contributed by atoms with E-state index in [1.165, 1.54) is 11.0 Å². The summed E-state index contributed by atoms with van der Waals surface area (Å²) >= 11 is 0. The summed E-state index contributed by atoms with van der Waals surface area (Å²) in [6.07, 6.45) is 10.7. The van der Waals surface area contributed by atoms with Crippen LogP contribution in [0.4, 0.5) is 0 Å². The minimum atomic E-state index is -3.90. The lowest BCUT2D eigenvalue weighted by atomic mass is 9.94. The number of hydrogen-bond acceptors (Lipinski definition) is 9. The number of methoxy groups -OCH3 is 1. The molecule has 1 aromatic heterocycles. The number of carbonyl (C=O) groups is 4. The highest BCUT2D eigenvalue weighted by Crippen LogP contribution is 2.46. The van der Waals surface area contributed by atoms with Gasteiger partial charge < -0.3 is 24.6 Å². The van der Waals surface area contributed by atoms with E-state index in [0.29, 0.717) is 60.4 Å². The topological polar surface area (TPSA) is 164 Å². The fraction of sp³-hybridized carbons (Fsp3) is 0.500. The van der Waals surface area contributed by atoms with Crippen LogP contribution in [0, 0.1) is 11.8 Å². The number of fused-ring (bicyclic) bond motifs is 1. The Morgan fingerprint density at radius 1 is 1.00 bits per heavy atom. The zero-order valence-electron chi connectivity index (χ0n) is 34.5. The lowest BCUT2D eigenvalue weighted by Crippen LogP contribution is -2.57. The monoisotopic (exact) mass is 839 g/mol. The predicted molar refractivity (Wildman–Crippen MR) is 229 cm³/mol. The number of ether oxygens (including phenoxy) is 2. The number of amides is 4.